The van der Waals surface area contributed by atoms with Gasteiger partial charge in [-0.1, -0.05) is 36.2 Å². The van der Waals surface area contributed by atoms with E-state index < -0.39 is 5.97 Å². The Kier molecular flexibility index (Phi) is 5.70. The molecule has 6 heteroatoms. The summed E-state index contributed by atoms with van der Waals surface area (Å²) in [4.78, 5) is 25.2. The van der Waals surface area contributed by atoms with Gasteiger partial charge in [0.2, 0.25) is 5.91 Å². The smallest absolute Gasteiger partial charge is 0.306 e. The van der Waals surface area contributed by atoms with Crippen molar-refractivity contribution < 1.29 is 14.7 Å². The maximum Gasteiger partial charge on any atom is 0.306 e. The summed E-state index contributed by atoms with van der Waals surface area (Å²) < 4.78 is 0. The number of carbonyl (C=O) groups excluding carboxylic acids is 1. The first-order valence-corrected chi connectivity index (χ1v) is 8.09. The highest BCUT2D eigenvalue weighted by Crippen LogP contribution is 2.25. The van der Waals surface area contributed by atoms with Crippen LogP contribution < -0.4 is 0 Å². The van der Waals surface area contributed by atoms with Crippen LogP contribution in [-0.2, 0) is 16.0 Å². The van der Waals surface area contributed by atoms with E-state index in [2.05, 4.69) is 0 Å². The van der Waals surface area contributed by atoms with Gasteiger partial charge in [-0.05, 0) is 37.0 Å². The van der Waals surface area contributed by atoms with Crippen molar-refractivity contribution in [3.05, 3.63) is 33.8 Å². The van der Waals surface area contributed by atoms with Crippen LogP contribution in [0.3, 0.4) is 0 Å². The highest BCUT2D eigenvalue weighted by molar-refractivity contribution is 6.35. The Morgan fingerprint density at radius 3 is 2.50 bits per heavy atom. The van der Waals surface area contributed by atoms with Gasteiger partial charge in [-0.3, -0.25) is 9.59 Å². The molecule has 1 atom stereocenters. The third-order valence-corrected chi connectivity index (χ3v) is 4.71. The molecule has 22 heavy (non-hydrogen) atoms. The summed E-state index contributed by atoms with van der Waals surface area (Å²) >= 11 is 12.0. The average molecular weight is 344 g/mol. The zero-order valence-corrected chi connectivity index (χ0v) is 13.9. The van der Waals surface area contributed by atoms with E-state index in [0.29, 0.717) is 42.4 Å². The zero-order chi connectivity index (χ0) is 16.3. The van der Waals surface area contributed by atoms with Crippen LogP contribution in [0.25, 0.3) is 0 Å². The lowest BCUT2D eigenvalue weighted by Gasteiger charge is -2.32. The average Bonchev–Trinajstić information content (AvgIpc) is 2.49. The van der Waals surface area contributed by atoms with Gasteiger partial charge in [0.05, 0.1) is 5.92 Å². The van der Waals surface area contributed by atoms with Gasteiger partial charge >= 0.3 is 5.97 Å². The summed E-state index contributed by atoms with van der Waals surface area (Å²) in [6, 6.07) is 5.28. The number of carboxylic acid groups (broad SMARTS) is 1. The molecule has 1 N–H and O–H groups in total. The largest absolute Gasteiger partial charge is 0.481 e. The summed E-state index contributed by atoms with van der Waals surface area (Å²) in [6.45, 7) is 2.89. The van der Waals surface area contributed by atoms with E-state index in [1.807, 2.05) is 13.0 Å². The predicted octanol–water partition coefficient (Wildman–Crippen LogP) is 3.50. The first-order chi connectivity index (χ1) is 10.4. The van der Waals surface area contributed by atoms with Gasteiger partial charge in [-0.25, -0.2) is 0 Å². The second-order valence-electron chi connectivity index (χ2n) is 5.78. The van der Waals surface area contributed by atoms with Crippen molar-refractivity contribution in [2.45, 2.75) is 26.2 Å². The van der Waals surface area contributed by atoms with Crippen molar-refractivity contribution in [1.29, 1.82) is 0 Å². The minimum atomic E-state index is -0.770. The van der Waals surface area contributed by atoms with E-state index in [1.54, 1.807) is 17.0 Å². The molecule has 4 nitrogen and oxygen atoms in total. The normalized spacial score (nSPS) is 17.3. The van der Waals surface area contributed by atoms with Gasteiger partial charge in [0, 0.05) is 29.1 Å². The number of rotatable bonds is 4. The molecule has 0 saturated carbocycles. The fourth-order valence-corrected chi connectivity index (χ4v) is 3.25. The van der Waals surface area contributed by atoms with Crippen LogP contribution >= 0.6 is 23.2 Å². The second kappa shape index (κ2) is 7.34. The Morgan fingerprint density at radius 2 is 1.95 bits per heavy atom. The third-order valence-electron chi connectivity index (χ3n) is 4.12. The number of carboxylic acids is 1. The quantitative estimate of drug-likeness (QED) is 0.910. The number of halogens is 2. The molecule has 1 saturated heterocycles. The van der Waals surface area contributed by atoms with E-state index in [-0.39, 0.29) is 17.7 Å². The minimum absolute atomic E-state index is 0.0508. The summed E-state index contributed by atoms with van der Waals surface area (Å²) in [5.74, 6) is -1.24. The monoisotopic (exact) mass is 343 g/mol. The van der Waals surface area contributed by atoms with Crippen LogP contribution in [0, 0.1) is 11.8 Å². The van der Waals surface area contributed by atoms with Crippen molar-refractivity contribution >= 4 is 35.1 Å². The number of carbonyl (C=O) groups is 2. The van der Waals surface area contributed by atoms with E-state index >= 15 is 0 Å². The molecule has 0 aliphatic carbocycles. The van der Waals surface area contributed by atoms with E-state index in [9.17, 15) is 9.59 Å². The predicted molar refractivity (Wildman–Crippen MR) is 86.3 cm³/mol. The fraction of sp³-hybridized carbons (Fsp3) is 0.500. The maximum absolute atomic E-state index is 12.5. The number of hydrogen-bond donors (Lipinski definition) is 1. The lowest BCUT2D eigenvalue weighted by Crippen LogP contribution is -2.43. The number of amides is 1. The van der Waals surface area contributed by atoms with Crippen molar-refractivity contribution in [2.75, 3.05) is 13.1 Å². The molecule has 1 fully saturated rings. The van der Waals surface area contributed by atoms with Gasteiger partial charge in [0.15, 0.2) is 0 Å². The molecule has 0 aromatic heterocycles. The van der Waals surface area contributed by atoms with Gasteiger partial charge in [0.25, 0.3) is 0 Å². The lowest BCUT2D eigenvalue weighted by molar-refractivity contribution is -0.146. The standard InChI is InChI=1S/C16H19Cl2NO3/c1-10(8-12-2-3-13(17)9-14(12)18)15(20)19-6-4-11(5-7-19)16(21)22/h2-3,9-11H,4-8H2,1H3,(H,21,22)/t10-/m0/s1. The van der Waals surface area contributed by atoms with Gasteiger partial charge in [0.1, 0.15) is 0 Å². The van der Waals surface area contributed by atoms with Gasteiger partial charge in [-0.2, -0.15) is 0 Å². The van der Waals surface area contributed by atoms with Gasteiger partial charge < -0.3 is 10.0 Å². The van der Waals surface area contributed by atoms with Crippen molar-refractivity contribution in [2.24, 2.45) is 11.8 Å². The molecule has 2 rings (SSSR count). The molecule has 0 radical (unpaired) electrons. The highest BCUT2D eigenvalue weighted by Gasteiger charge is 2.29. The molecule has 0 unspecified atom stereocenters. The SMILES string of the molecule is C[C@@H](Cc1ccc(Cl)cc1Cl)C(=O)N1CCC(C(=O)O)CC1. The first kappa shape index (κ1) is 17.1. The van der Waals surface area contributed by atoms with Crippen LogP contribution in [-0.4, -0.2) is 35.0 Å². The summed E-state index contributed by atoms with van der Waals surface area (Å²) in [5, 5.41) is 10.1. The minimum Gasteiger partial charge on any atom is -0.481 e. The summed E-state index contributed by atoms with van der Waals surface area (Å²) in [5.41, 5.74) is 0.896. The Morgan fingerprint density at radius 1 is 1.32 bits per heavy atom. The number of nitrogens with zero attached hydrogens (tertiary/aromatic N) is 1. The van der Waals surface area contributed by atoms with Crippen molar-refractivity contribution in [3.63, 3.8) is 0 Å². The third kappa shape index (κ3) is 4.14. The number of aliphatic carboxylic acids is 1. The molecule has 1 amide bonds. The molecule has 1 aromatic carbocycles. The Hall–Kier alpha value is -1.26. The topological polar surface area (TPSA) is 57.6 Å². The molecular weight excluding hydrogens is 325 g/mol. The van der Waals surface area contributed by atoms with Crippen LogP contribution in [0.2, 0.25) is 10.0 Å². The Balaban J connectivity index is 1.94. The second-order valence-corrected chi connectivity index (χ2v) is 6.62. The molecule has 0 spiro atoms. The maximum atomic E-state index is 12.5. The van der Waals surface area contributed by atoms with Crippen LogP contribution in [0.15, 0.2) is 18.2 Å². The number of hydrogen-bond acceptors (Lipinski definition) is 2. The van der Waals surface area contributed by atoms with E-state index in [4.69, 9.17) is 28.3 Å². The molecule has 120 valence electrons. The first-order valence-electron chi connectivity index (χ1n) is 7.34. The van der Waals surface area contributed by atoms with Crippen LogP contribution in [0.4, 0.5) is 0 Å². The van der Waals surface area contributed by atoms with E-state index in [1.165, 1.54) is 0 Å². The van der Waals surface area contributed by atoms with Gasteiger partial charge in [-0.15, -0.1) is 0 Å². The Labute approximate surface area is 140 Å². The van der Waals surface area contributed by atoms with Crippen molar-refractivity contribution in [1.82, 2.24) is 4.90 Å². The zero-order valence-electron chi connectivity index (χ0n) is 12.4. The fourth-order valence-electron chi connectivity index (χ4n) is 2.76. The number of benzene rings is 1. The summed E-state index contributed by atoms with van der Waals surface area (Å²) in [6.07, 6.45) is 1.60. The Bertz CT molecular complexity index is 569. The molecule has 1 aliphatic rings. The molecule has 1 heterocycles. The van der Waals surface area contributed by atoms with Crippen molar-refractivity contribution in [3.8, 4) is 0 Å². The molecular formula is C16H19Cl2NO3. The van der Waals surface area contributed by atoms with Crippen LogP contribution in [0.1, 0.15) is 25.3 Å². The molecule has 1 aliphatic heterocycles. The molecule has 1 aromatic rings. The highest BCUT2D eigenvalue weighted by atomic mass is 35.5. The number of piperidine rings is 1. The number of likely N-dealkylation sites (tertiary alicyclic amines) is 1. The van der Waals surface area contributed by atoms with E-state index in [0.717, 1.165) is 5.56 Å². The van der Waals surface area contributed by atoms with Crippen LogP contribution in [0.5, 0.6) is 0 Å². The summed E-state index contributed by atoms with van der Waals surface area (Å²) in [7, 11) is 0. The lowest BCUT2D eigenvalue weighted by atomic mass is 9.94. The molecule has 0 bridgehead atoms.